The molecule has 2 aromatic rings. The molecule has 0 spiro atoms. The molecule has 34 heavy (non-hydrogen) atoms. The van der Waals surface area contributed by atoms with E-state index in [1.54, 1.807) is 0 Å². The molecule has 1 saturated carbocycles. The van der Waals surface area contributed by atoms with Crippen LogP contribution in [-0.4, -0.2) is 60.7 Å². The molecular formula is C23H24F4N2O4S. The van der Waals surface area contributed by atoms with Crippen LogP contribution >= 0.6 is 0 Å². The van der Waals surface area contributed by atoms with Crippen molar-refractivity contribution in [1.29, 1.82) is 0 Å². The smallest absolute Gasteiger partial charge is 0.283 e. The Balaban J connectivity index is 1.74. The molecule has 0 aromatic heterocycles. The molecule has 2 aromatic carbocycles. The Hall–Kier alpha value is -2.50. The highest BCUT2D eigenvalue weighted by Crippen LogP contribution is 2.41. The van der Waals surface area contributed by atoms with Gasteiger partial charge in [0.2, 0.25) is 10.0 Å². The first kappa shape index (κ1) is 24.6. The van der Waals surface area contributed by atoms with Gasteiger partial charge in [0.25, 0.3) is 11.8 Å². The highest BCUT2D eigenvalue weighted by molar-refractivity contribution is 7.88. The second-order valence-corrected chi connectivity index (χ2v) is 10.8. The lowest BCUT2D eigenvalue weighted by Gasteiger charge is -2.40. The number of carbonyl (C=O) groups is 1. The molecule has 184 valence electrons. The first-order valence-corrected chi connectivity index (χ1v) is 12.6. The molecular weight excluding hydrogens is 476 g/mol. The summed E-state index contributed by atoms with van der Waals surface area (Å²) in [5.41, 5.74) is -1.58. The lowest BCUT2D eigenvalue weighted by atomic mass is 9.79. The summed E-state index contributed by atoms with van der Waals surface area (Å²) in [6, 6.07) is 5.95. The zero-order chi connectivity index (χ0) is 24.9. The van der Waals surface area contributed by atoms with Crippen molar-refractivity contribution in [2.24, 2.45) is 0 Å². The van der Waals surface area contributed by atoms with Crippen molar-refractivity contribution in [2.45, 2.75) is 49.3 Å². The number of aliphatic hydroxyl groups is 1. The van der Waals surface area contributed by atoms with Crippen molar-refractivity contribution in [3.8, 4) is 11.1 Å². The van der Waals surface area contributed by atoms with Crippen molar-refractivity contribution >= 4 is 15.9 Å². The summed E-state index contributed by atoms with van der Waals surface area (Å²) >= 11 is 0. The standard InChI is InChI=1S/C23H24F4N2O4S/c1-34(32,33)28-20-18(29(13-23(20,26)27)21(30)22(31)9-4-10-22)12-15-6-3-8-17(19(15)25)14-5-2-7-16(24)11-14/h2-3,5-8,11,18,20,28,31H,4,9-10,12-13H2,1H3/t18-,20+/m0/s1. The van der Waals surface area contributed by atoms with Gasteiger partial charge < -0.3 is 10.0 Å². The molecule has 1 aliphatic carbocycles. The largest absolute Gasteiger partial charge is 0.380 e. The van der Waals surface area contributed by atoms with Gasteiger partial charge in [-0.25, -0.2) is 30.7 Å². The zero-order valence-corrected chi connectivity index (χ0v) is 19.1. The predicted molar refractivity (Wildman–Crippen MR) is 117 cm³/mol. The Morgan fingerprint density at radius 3 is 2.44 bits per heavy atom. The molecule has 1 saturated heterocycles. The summed E-state index contributed by atoms with van der Waals surface area (Å²) in [5, 5.41) is 10.5. The van der Waals surface area contributed by atoms with Crippen LogP contribution in [0.2, 0.25) is 0 Å². The van der Waals surface area contributed by atoms with Crippen LogP contribution in [0.4, 0.5) is 17.6 Å². The number of alkyl halides is 2. The van der Waals surface area contributed by atoms with Crippen LogP contribution in [0.3, 0.4) is 0 Å². The van der Waals surface area contributed by atoms with Crippen LogP contribution in [0.25, 0.3) is 11.1 Å². The number of hydrogen-bond acceptors (Lipinski definition) is 4. The average molecular weight is 501 g/mol. The second-order valence-electron chi connectivity index (χ2n) is 9.01. The summed E-state index contributed by atoms with van der Waals surface area (Å²) in [7, 11) is -4.11. The molecule has 0 unspecified atom stereocenters. The van der Waals surface area contributed by atoms with E-state index in [-0.39, 0.29) is 29.5 Å². The van der Waals surface area contributed by atoms with Gasteiger partial charge in [-0.05, 0) is 48.9 Å². The maximum Gasteiger partial charge on any atom is 0.283 e. The van der Waals surface area contributed by atoms with Gasteiger partial charge in [-0.2, -0.15) is 0 Å². The normalized spacial score (nSPS) is 23.5. The van der Waals surface area contributed by atoms with Crippen molar-refractivity contribution in [2.75, 3.05) is 12.8 Å². The summed E-state index contributed by atoms with van der Waals surface area (Å²) in [6.45, 7) is -1.11. The minimum atomic E-state index is -4.11. The summed E-state index contributed by atoms with van der Waals surface area (Å²) in [4.78, 5) is 13.7. The number of halogens is 4. The molecule has 1 amide bonds. The Morgan fingerprint density at radius 2 is 1.85 bits per heavy atom. The van der Waals surface area contributed by atoms with Crippen molar-refractivity contribution in [1.82, 2.24) is 9.62 Å². The van der Waals surface area contributed by atoms with Crippen molar-refractivity contribution < 1.29 is 35.9 Å². The van der Waals surface area contributed by atoms with E-state index in [9.17, 15) is 31.5 Å². The number of hydrogen-bond donors (Lipinski definition) is 2. The highest BCUT2D eigenvalue weighted by Gasteiger charge is 2.59. The molecule has 2 fully saturated rings. The fourth-order valence-electron chi connectivity index (χ4n) is 4.58. The third-order valence-electron chi connectivity index (χ3n) is 6.45. The van der Waals surface area contributed by atoms with Crippen LogP contribution in [0.15, 0.2) is 42.5 Å². The quantitative estimate of drug-likeness (QED) is 0.598. The van der Waals surface area contributed by atoms with Crippen molar-refractivity contribution in [3.05, 3.63) is 59.7 Å². The molecule has 4 rings (SSSR count). The number of rotatable bonds is 6. The number of nitrogens with zero attached hydrogens (tertiary/aromatic N) is 1. The summed E-state index contributed by atoms with van der Waals surface area (Å²) < 4.78 is 84.6. The van der Waals surface area contributed by atoms with Gasteiger partial charge >= 0.3 is 0 Å². The van der Waals surface area contributed by atoms with Crippen LogP contribution < -0.4 is 4.72 Å². The lowest BCUT2D eigenvalue weighted by Crippen LogP contribution is -2.57. The number of sulfonamides is 1. The molecule has 2 aliphatic rings. The molecule has 0 bridgehead atoms. The van der Waals surface area contributed by atoms with Gasteiger partial charge in [0.1, 0.15) is 23.3 Å². The van der Waals surface area contributed by atoms with E-state index in [1.165, 1.54) is 36.4 Å². The van der Waals surface area contributed by atoms with E-state index in [1.807, 2.05) is 4.72 Å². The minimum absolute atomic E-state index is 0.0323. The maximum atomic E-state index is 15.4. The van der Waals surface area contributed by atoms with Gasteiger partial charge in [0, 0.05) is 5.56 Å². The van der Waals surface area contributed by atoms with Gasteiger partial charge in [0.05, 0.1) is 18.8 Å². The Labute approximate surface area is 194 Å². The fraction of sp³-hybridized carbons (Fsp3) is 0.435. The average Bonchev–Trinajstić information content (AvgIpc) is 2.96. The molecule has 11 heteroatoms. The zero-order valence-electron chi connectivity index (χ0n) is 18.3. The van der Waals surface area contributed by atoms with E-state index in [0.29, 0.717) is 6.42 Å². The number of likely N-dealkylation sites (tertiary alicyclic amines) is 1. The topological polar surface area (TPSA) is 86.7 Å². The van der Waals surface area contributed by atoms with E-state index in [4.69, 9.17) is 0 Å². The molecule has 1 heterocycles. The Kier molecular flexibility index (Phi) is 6.24. The van der Waals surface area contributed by atoms with Gasteiger partial charge in [-0.1, -0.05) is 30.3 Å². The number of carbonyl (C=O) groups excluding carboxylic acids is 1. The fourth-order valence-corrected chi connectivity index (χ4v) is 5.38. The lowest BCUT2D eigenvalue weighted by molar-refractivity contribution is -0.162. The third-order valence-corrected chi connectivity index (χ3v) is 7.13. The van der Waals surface area contributed by atoms with E-state index in [2.05, 4.69) is 0 Å². The van der Waals surface area contributed by atoms with Crippen molar-refractivity contribution in [3.63, 3.8) is 0 Å². The summed E-state index contributed by atoms with van der Waals surface area (Å²) in [6.07, 6.45) is 1.03. The van der Waals surface area contributed by atoms with Crippen LogP contribution in [0.5, 0.6) is 0 Å². The predicted octanol–water partition coefficient (Wildman–Crippen LogP) is 2.85. The minimum Gasteiger partial charge on any atom is -0.380 e. The first-order valence-electron chi connectivity index (χ1n) is 10.7. The van der Waals surface area contributed by atoms with Gasteiger partial charge in [-0.15, -0.1) is 0 Å². The van der Waals surface area contributed by atoms with Crippen LogP contribution in [0.1, 0.15) is 24.8 Å². The number of amides is 1. The monoisotopic (exact) mass is 500 g/mol. The third kappa shape index (κ3) is 4.69. The van der Waals surface area contributed by atoms with E-state index >= 15 is 4.39 Å². The first-order chi connectivity index (χ1) is 15.8. The second kappa shape index (κ2) is 8.62. The molecule has 1 aliphatic heterocycles. The molecule has 6 nitrogen and oxygen atoms in total. The highest BCUT2D eigenvalue weighted by atomic mass is 32.2. The van der Waals surface area contributed by atoms with Crippen LogP contribution in [0, 0.1) is 11.6 Å². The SMILES string of the molecule is CS(=O)(=O)N[C@@H]1[C@H](Cc2cccc(-c3cccc(F)c3)c2F)N(C(=O)C2(O)CCC2)CC1(F)F. The maximum absolute atomic E-state index is 15.4. The number of nitrogens with one attached hydrogen (secondary N) is 1. The van der Waals surface area contributed by atoms with Crippen LogP contribution in [-0.2, 0) is 21.2 Å². The van der Waals surface area contributed by atoms with E-state index < -0.39 is 64.1 Å². The van der Waals surface area contributed by atoms with Gasteiger partial charge in [0.15, 0.2) is 0 Å². The Bertz CT molecular complexity index is 1220. The summed E-state index contributed by atoms with van der Waals surface area (Å²) in [5.74, 6) is -5.96. The van der Waals surface area contributed by atoms with Gasteiger partial charge in [-0.3, -0.25) is 4.79 Å². The molecule has 2 atom stereocenters. The Morgan fingerprint density at radius 1 is 1.18 bits per heavy atom. The van der Waals surface area contributed by atoms with E-state index in [0.717, 1.165) is 17.2 Å². The molecule has 2 N–H and O–H groups in total. The molecule has 0 radical (unpaired) electrons. The number of benzene rings is 2.